The smallest absolute Gasteiger partial charge is 0.206 e. The molecule has 0 rings (SSSR count). The minimum absolute atomic E-state index is 0.0807. The standard InChI is InChI=1S/C10H24N4O3/c1-8(6-15-2)13-10(14-11)12-5-9(17-4)7-16-3/h8-9H,5-7,11H2,1-4H3,(H2,12,13,14). The Morgan fingerprint density at radius 3 is 2.35 bits per heavy atom. The summed E-state index contributed by atoms with van der Waals surface area (Å²) < 4.78 is 15.2. The number of hydrazine groups is 1. The summed E-state index contributed by atoms with van der Waals surface area (Å²) in [6, 6.07) is 0.123. The molecule has 0 aliphatic rings. The second-order valence-corrected chi connectivity index (χ2v) is 3.65. The van der Waals surface area contributed by atoms with Crippen LogP contribution >= 0.6 is 0 Å². The van der Waals surface area contributed by atoms with Crippen LogP contribution in [0, 0.1) is 0 Å². The van der Waals surface area contributed by atoms with Crippen molar-refractivity contribution >= 4 is 5.96 Å². The molecule has 17 heavy (non-hydrogen) atoms. The summed E-state index contributed by atoms with van der Waals surface area (Å²) in [5, 5.41) is 3.08. The SMILES string of the molecule is COCC(C)NC(=NCC(COC)OC)NN. The van der Waals surface area contributed by atoms with Gasteiger partial charge in [-0.05, 0) is 6.92 Å². The molecule has 0 saturated carbocycles. The van der Waals surface area contributed by atoms with Crippen LogP contribution in [0.15, 0.2) is 4.99 Å². The Balaban J connectivity index is 4.14. The van der Waals surface area contributed by atoms with Crippen molar-refractivity contribution < 1.29 is 14.2 Å². The molecule has 0 aliphatic heterocycles. The van der Waals surface area contributed by atoms with E-state index < -0.39 is 0 Å². The van der Waals surface area contributed by atoms with E-state index in [1.807, 2.05) is 6.92 Å². The highest BCUT2D eigenvalue weighted by Crippen LogP contribution is 1.92. The summed E-state index contributed by atoms with van der Waals surface area (Å²) in [7, 11) is 4.89. The average molecular weight is 248 g/mol. The lowest BCUT2D eigenvalue weighted by atomic mass is 10.3. The summed E-state index contributed by atoms with van der Waals surface area (Å²) in [5.74, 6) is 5.87. The molecule has 0 fully saturated rings. The Morgan fingerprint density at radius 1 is 1.24 bits per heavy atom. The molecule has 0 aromatic heterocycles. The van der Waals surface area contributed by atoms with Crippen LogP contribution in [0.1, 0.15) is 6.92 Å². The van der Waals surface area contributed by atoms with E-state index in [1.165, 1.54) is 0 Å². The number of ether oxygens (including phenoxy) is 3. The van der Waals surface area contributed by atoms with Crippen LogP contribution in [0.2, 0.25) is 0 Å². The van der Waals surface area contributed by atoms with Crippen molar-refractivity contribution in [3.63, 3.8) is 0 Å². The Labute approximate surface area is 103 Å². The first-order valence-electron chi connectivity index (χ1n) is 5.46. The third kappa shape index (κ3) is 7.92. The zero-order chi connectivity index (χ0) is 13.1. The third-order valence-corrected chi connectivity index (χ3v) is 2.08. The minimum Gasteiger partial charge on any atom is -0.383 e. The molecule has 4 N–H and O–H groups in total. The van der Waals surface area contributed by atoms with Gasteiger partial charge in [0.2, 0.25) is 5.96 Å². The highest BCUT2D eigenvalue weighted by atomic mass is 16.5. The quantitative estimate of drug-likeness (QED) is 0.223. The molecule has 2 atom stereocenters. The molecule has 2 unspecified atom stereocenters. The Morgan fingerprint density at radius 2 is 1.88 bits per heavy atom. The van der Waals surface area contributed by atoms with Gasteiger partial charge in [0.25, 0.3) is 0 Å². The maximum absolute atomic E-state index is 5.36. The first kappa shape index (κ1) is 16.1. The van der Waals surface area contributed by atoms with Gasteiger partial charge in [-0.2, -0.15) is 0 Å². The van der Waals surface area contributed by atoms with Crippen molar-refractivity contribution in [1.29, 1.82) is 0 Å². The molecule has 0 amide bonds. The van der Waals surface area contributed by atoms with Crippen LogP contribution in [0.5, 0.6) is 0 Å². The van der Waals surface area contributed by atoms with Gasteiger partial charge in [0.1, 0.15) is 6.10 Å². The number of nitrogens with zero attached hydrogens (tertiary/aromatic N) is 1. The predicted molar refractivity (Wildman–Crippen MR) is 66.8 cm³/mol. The number of guanidine groups is 1. The van der Waals surface area contributed by atoms with E-state index in [0.29, 0.717) is 25.7 Å². The van der Waals surface area contributed by atoms with E-state index in [0.717, 1.165) is 0 Å². The van der Waals surface area contributed by atoms with Crippen molar-refractivity contribution in [2.45, 2.75) is 19.1 Å². The minimum atomic E-state index is -0.0807. The molecule has 102 valence electrons. The fourth-order valence-corrected chi connectivity index (χ4v) is 1.23. The van der Waals surface area contributed by atoms with E-state index >= 15 is 0 Å². The van der Waals surface area contributed by atoms with Crippen molar-refractivity contribution in [3.05, 3.63) is 0 Å². The van der Waals surface area contributed by atoms with E-state index in [9.17, 15) is 0 Å². The fraction of sp³-hybridized carbons (Fsp3) is 0.900. The molecule has 7 nitrogen and oxygen atoms in total. The van der Waals surface area contributed by atoms with Gasteiger partial charge in [0.15, 0.2) is 0 Å². The third-order valence-electron chi connectivity index (χ3n) is 2.08. The molecule has 0 bridgehead atoms. The van der Waals surface area contributed by atoms with Gasteiger partial charge in [-0.1, -0.05) is 0 Å². The van der Waals surface area contributed by atoms with Crippen molar-refractivity contribution in [2.24, 2.45) is 10.8 Å². The Bertz CT molecular complexity index is 214. The molecule has 0 aromatic carbocycles. The number of hydrogen-bond acceptors (Lipinski definition) is 5. The first-order chi connectivity index (χ1) is 8.17. The summed E-state index contributed by atoms with van der Waals surface area (Å²) in [6.07, 6.45) is -0.0807. The van der Waals surface area contributed by atoms with E-state index in [4.69, 9.17) is 20.1 Å². The van der Waals surface area contributed by atoms with Gasteiger partial charge in [-0.15, -0.1) is 0 Å². The summed E-state index contributed by atoms with van der Waals surface area (Å²) in [5.41, 5.74) is 2.50. The lowest BCUT2D eigenvalue weighted by molar-refractivity contribution is 0.0343. The van der Waals surface area contributed by atoms with Crippen LogP contribution in [0.4, 0.5) is 0 Å². The lowest BCUT2D eigenvalue weighted by Gasteiger charge is -2.17. The monoisotopic (exact) mass is 248 g/mol. The number of hydrogen-bond donors (Lipinski definition) is 3. The molecule has 0 saturated heterocycles. The highest BCUT2D eigenvalue weighted by molar-refractivity contribution is 5.79. The Hall–Kier alpha value is -0.890. The van der Waals surface area contributed by atoms with Gasteiger partial charge in [0.05, 0.1) is 19.8 Å². The largest absolute Gasteiger partial charge is 0.383 e. The molecule has 0 radical (unpaired) electrons. The maximum Gasteiger partial charge on any atom is 0.206 e. The molecular formula is C10H24N4O3. The van der Waals surface area contributed by atoms with Crippen LogP contribution in [0.25, 0.3) is 0 Å². The first-order valence-corrected chi connectivity index (χ1v) is 5.46. The maximum atomic E-state index is 5.36. The number of methoxy groups -OCH3 is 3. The number of nitrogens with one attached hydrogen (secondary N) is 2. The zero-order valence-electron chi connectivity index (χ0n) is 11.0. The van der Waals surface area contributed by atoms with E-state index in [2.05, 4.69) is 15.7 Å². The van der Waals surface area contributed by atoms with Crippen LogP contribution in [-0.4, -0.2) is 59.2 Å². The second kappa shape index (κ2) is 10.3. The van der Waals surface area contributed by atoms with Gasteiger partial charge in [0, 0.05) is 27.4 Å². The van der Waals surface area contributed by atoms with E-state index in [1.54, 1.807) is 21.3 Å². The zero-order valence-corrected chi connectivity index (χ0v) is 11.0. The predicted octanol–water partition coefficient (Wildman–Crippen LogP) is -0.908. The highest BCUT2D eigenvalue weighted by Gasteiger charge is 2.08. The van der Waals surface area contributed by atoms with Crippen molar-refractivity contribution in [1.82, 2.24) is 10.7 Å². The van der Waals surface area contributed by atoms with Gasteiger partial charge >= 0.3 is 0 Å². The van der Waals surface area contributed by atoms with Gasteiger partial charge in [-0.3, -0.25) is 5.43 Å². The van der Waals surface area contributed by atoms with Gasteiger partial charge in [-0.25, -0.2) is 10.8 Å². The summed E-state index contributed by atoms with van der Waals surface area (Å²) >= 11 is 0. The summed E-state index contributed by atoms with van der Waals surface area (Å²) in [4.78, 5) is 4.26. The van der Waals surface area contributed by atoms with Gasteiger partial charge < -0.3 is 19.5 Å². The number of aliphatic imine (C=N–C) groups is 1. The molecule has 0 aliphatic carbocycles. The van der Waals surface area contributed by atoms with E-state index in [-0.39, 0.29) is 12.1 Å². The molecule has 0 heterocycles. The molecule has 0 aromatic rings. The lowest BCUT2D eigenvalue weighted by Crippen LogP contribution is -2.47. The molecular weight excluding hydrogens is 224 g/mol. The number of rotatable bonds is 8. The normalized spacial score (nSPS) is 15.5. The van der Waals surface area contributed by atoms with Crippen LogP contribution in [-0.2, 0) is 14.2 Å². The fourth-order valence-electron chi connectivity index (χ4n) is 1.23. The van der Waals surface area contributed by atoms with Crippen molar-refractivity contribution in [2.75, 3.05) is 41.1 Å². The second-order valence-electron chi connectivity index (χ2n) is 3.65. The molecule has 0 spiro atoms. The van der Waals surface area contributed by atoms with Crippen LogP contribution < -0.4 is 16.6 Å². The van der Waals surface area contributed by atoms with Crippen LogP contribution in [0.3, 0.4) is 0 Å². The van der Waals surface area contributed by atoms with Crippen molar-refractivity contribution in [3.8, 4) is 0 Å². The Kier molecular flexibility index (Phi) is 9.74. The number of nitrogens with two attached hydrogens (primary N) is 1. The molecule has 7 heteroatoms. The summed E-state index contributed by atoms with van der Waals surface area (Å²) in [6.45, 7) is 3.51. The average Bonchev–Trinajstić information content (AvgIpc) is 2.32. The topological polar surface area (TPSA) is 90.1 Å².